The van der Waals surface area contributed by atoms with Gasteiger partial charge in [0, 0.05) is 5.02 Å². The standard InChI is InChI=1S/C18H13ClN4O2/c1-25-15-8-6-13(7-9-15)22-11-20-17-16(18(22)24)10-21-23(17)14-4-2-12(19)3-5-14/h2-11H,1H3. The Morgan fingerprint density at radius 3 is 2.36 bits per heavy atom. The molecule has 2 aromatic carbocycles. The van der Waals surface area contributed by atoms with Gasteiger partial charge in [-0.15, -0.1) is 0 Å². The zero-order valence-electron chi connectivity index (χ0n) is 13.3. The molecule has 0 saturated carbocycles. The summed E-state index contributed by atoms with van der Waals surface area (Å²) in [5.41, 5.74) is 1.81. The van der Waals surface area contributed by atoms with Crippen molar-refractivity contribution in [3.05, 3.63) is 76.4 Å². The van der Waals surface area contributed by atoms with Crippen molar-refractivity contribution in [1.29, 1.82) is 0 Å². The van der Waals surface area contributed by atoms with Crippen LogP contribution in [0.25, 0.3) is 22.4 Å². The molecule has 4 aromatic rings. The maximum Gasteiger partial charge on any atom is 0.269 e. The van der Waals surface area contributed by atoms with E-state index in [9.17, 15) is 4.79 Å². The Balaban J connectivity index is 1.84. The lowest BCUT2D eigenvalue weighted by Gasteiger charge is -2.07. The van der Waals surface area contributed by atoms with Gasteiger partial charge in [-0.1, -0.05) is 11.6 Å². The van der Waals surface area contributed by atoms with Gasteiger partial charge in [0.2, 0.25) is 0 Å². The molecule has 0 N–H and O–H groups in total. The minimum Gasteiger partial charge on any atom is -0.497 e. The summed E-state index contributed by atoms with van der Waals surface area (Å²) in [7, 11) is 1.60. The predicted octanol–water partition coefficient (Wildman–Crippen LogP) is 3.23. The number of fused-ring (bicyclic) bond motifs is 1. The Morgan fingerprint density at radius 2 is 1.68 bits per heavy atom. The summed E-state index contributed by atoms with van der Waals surface area (Å²) >= 11 is 5.92. The van der Waals surface area contributed by atoms with Gasteiger partial charge in [0.1, 0.15) is 17.5 Å². The molecule has 6 nitrogen and oxygen atoms in total. The summed E-state index contributed by atoms with van der Waals surface area (Å²) in [6.07, 6.45) is 3.03. The molecular weight excluding hydrogens is 340 g/mol. The highest BCUT2D eigenvalue weighted by molar-refractivity contribution is 6.30. The van der Waals surface area contributed by atoms with Gasteiger partial charge < -0.3 is 4.74 Å². The van der Waals surface area contributed by atoms with Crippen molar-refractivity contribution in [2.45, 2.75) is 0 Å². The highest BCUT2D eigenvalue weighted by Gasteiger charge is 2.12. The number of halogens is 1. The van der Waals surface area contributed by atoms with E-state index < -0.39 is 0 Å². The van der Waals surface area contributed by atoms with Crippen LogP contribution in [-0.4, -0.2) is 26.4 Å². The molecule has 2 heterocycles. The summed E-state index contributed by atoms with van der Waals surface area (Å²) in [6.45, 7) is 0. The molecule has 0 fully saturated rings. The summed E-state index contributed by atoms with van der Waals surface area (Å²) in [5.74, 6) is 0.724. The second-order valence-corrected chi connectivity index (χ2v) is 5.82. The molecule has 0 atom stereocenters. The smallest absolute Gasteiger partial charge is 0.269 e. The van der Waals surface area contributed by atoms with Crippen LogP contribution < -0.4 is 10.3 Å². The fourth-order valence-corrected chi connectivity index (χ4v) is 2.74. The summed E-state index contributed by atoms with van der Waals surface area (Å²) in [5, 5.41) is 5.37. The van der Waals surface area contributed by atoms with E-state index in [4.69, 9.17) is 16.3 Å². The molecule has 124 valence electrons. The second kappa shape index (κ2) is 6.07. The molecule has 0 unspecified atom stereocenters. The van der Waals surface area contributed by atoms with E-state index in [1.165, 1.54) is 17.1 Å². The Hall–Kier alpha value is -3.12. The van der Waals surface area contributed by atoms with Crippen LogP contribution in [0.3, 0.4) is 0 Å². The first kappa shape index (κ1) is 15.4. The van der Waals surface area contributed by atoms with Crippen molar-refractivity contribution in [1.82, 2.24) is 19.3 Å². The number of aromatic nitrogens is 4. The van der Waals surface area contributed by atoms with Gasteiger partial charge in [-0.05, 0) is 48.5 Å². The van der Waals surface area contributed by atoms with Crippen LogP contribution in [0.5, 0.6) is 5.75 Å². The highest BCUT2D eigenvalue weighted by atomic mass is 35.5. The van der Waals surface area contributed by atoms with E-state index in [1.54, 1.807) is 48.2 Å². The largest absolute Gasteiger partial charge is 0.497 e. The Labute approximate surface area is 147 Å². The van der Waals surface area contributed by atoms with E-state index in [-0.39, 0.29) is 5.56 Å². The van der Waals surface area contributed by atoms with E-state index in [0.717, 1.165) is 11.4 Å². The number of ether oxygens (including phenoxy) is 1. The molecule has 0 aliphatic rings. The number of rotatable bonds is 3. The molecular formula is C18H13ClN4O2. The molecule has 0 spiro atoms. The van der Waals surface area contributed by atoms with Crippen LogP contribution >= 0.6 is 11.6 Å². The summed E-state index contributed by atoms with van der Waals surface area (Å²) in [4.78, 5) is 17.2. The average molecular weight is 353 g/mol. The molecule has 0 aliphatic heterocycles. The number of benzene rings is 2. The molecule has 0 aliphatic carbocycles. The third-order valence-electron chi connectivity index (χ3n) is 3.91. The zero-order valence-corrected chi connectivity index (χ0v) is 14.0. The van der Waals surface area contributed by atoms with Crippen molar-refractivity contribution in [2.24, 2.45) is 0 Å². The van der Waals surface area contributed by atoms with Crippen LogP contribution in [0.1, 0.15) is 0 Å². The highest BCUT2D eigenvalue weighted by Crippen LogP contribution is 2.18. The van der Waals surface area contributed by atoms with Crippen LogP contribution in [0.2, 0.25) is 5.02 Å². The van der Waals surface area contributed by atoms with Gasteiger partial charge in [-0.25, -0.2) is 9.67 Å². The molecule has 2 aromatic heterocycles. The third kappa shape index (κ3) is 2.66. The third-order valence-corrected chi connectivity index (χ3v) is 4.16. The lowest BCUT2D eigenvalue weighted by molar-refractivity contribution is 0.414. The fourth-order valence-electron chi connectivity index (χ4n) is 2.61. The van der Waals surface area contributed by atoms with Crippen molar-refractivity contribution in [3.8, 4) is 17.1 Å². The lowest BCUT2D eigenvalue weighted by Crippen LogP contribution is -2.18. The Morgan fingerprint density at radius 1 is 1.00 bits per heavy atom. The van der Waals surface area contributed by atoms with Crippen LogP contribution in [0, 0.1) is 0 Å². The number of nitrogens with zero attached hydrogens (tertiary/aromatic N) is 4. The molecule has 0 amide bonds. The minimum absolute atomic E-state index is 0.185. The van der Waals surface area contributed by atoms with Gasteiger partial charge in [-0.2, -0.15) is 5.10 Å². The molecule has 7 heteroatoms. The van der Waals surface area contributed by atoms with E-state index in [2.05, 4.69) is 10.1 Å². The quantitative estimate of drug-likeness (QED) is 0.568. The van der Waals surface area contributed by atoms with Gasteiger partial charge in [0.25, 0.3) is 5.56 Å². The Kier molecular flexibility index (Phi) is 3.74. The molecule has 0 radical (unpaired) electrons. The van der Waals surface area contributed by atoms with Gasteiger partial charge in [0.05, 0.1) is 24.7 Å². The minimum atomic E-state index is -0.185. The fraction of sp³-hybridized carbons (Fsp3) is 0.0556. The maximum absolute atomic E-state index is 12.8. The normalized spacial score (nSPS) is 11.0. The Bertz CT molecular complexity index is 1100. The van der Waals surface area contributed by atoms with E-state index in [1.807, 2.05) is 12.1 Å². The van der Waals surface area contributed by atoms with Gasteiger partial charge in [-0.3, -0.25) is 9.36 Å². The molecule has 0 saturated heterocycles. The first-order valence-electron chi connectivity index (χ1n) is 7.53. The topological polar surface area (TPSA) is 61.9 Å². The molecule has 0 bridgehead atoms. The van der Waals surface area contributed by atoms with Crippen LogP contribution in [-0.2, 0) is 0 Å². The molecule has 4 rings (SSSR count). The zero-order chi connectivity index (χ0) is 17.4. The van der Waals surface area contributed by atoms with Crippen LogP contribution in [0.4, 0.5) is 0 Å². The van der Waals surface area contributed by atoms with Crippen molar-refractivity contribution >= 4 is 22.6 Å². The van der Waals surface area contributed by atoms with Gasteiger partial charge in [0.15, 0.2) is 5.65 Å². The van der Waals surface area contributed by atoms with Crippen molar-refractivity contribution in [3.63, 3.8) is 0 Å². The average Bonchev–Trinajstić information content (AvgIpc) is 3.08. The van der Waals surface area contributed by atoms with E-state index >= 15 is 0 Å². The van der Waals surface area contributed by atoms with Crippen molar-refractivity contribution < 1.29 is 4.74 Å². The summed E-state index contributed by atoms with van der Waals surface area (Å²) in [6, 6.07) is 14.4. The maximum atomic E-state index is 12.8. The van der Waals surface area contributed by atoms with Crippen LogP contribution in [0.15, 0.2) is 65.8 Å². The number of methoxy groups -OCH3 is 1. The first-order chi connectivity index (χ1) is 12.2. The predicted molar refractivity (Wildman–Crippen MR) is 96.0 cm³/mol. The SMILES string of the molecule is COc1ccc(-n2cnc3c(cnn3-c3ccc(Cl)cc3)c2=O)cc1. The van der Waals surface area contributed by atoms with E-state index in [0.29, 0.717) is 21.7 Å². The first-order valence-corrected chi connectivity index (χ1v) is 7.91. The second-order valence-electron chi connectivity index (χ2n) is 5.39. The molecule has 25 heavy (non-hydrogen) atoms. The monoisotopic (exact) mass is 352 g/mol. The van der Waals surface area contributed by atoms with Crippen molar-refractivity contribution in [2.75, 3.05) is 7.11 Å². The summed E-state index contributed by atoms with van der Waals surface area (Å²) < 4.78 is 8.24. The lowest BCUT2D eigenvalue weighted by atomic mass is 10.3. The number of hydrogen-bond acceptors (Lipinski definition) is 4. The number of hydrogen-bond donors (Lipinski definition) is 0. The van der Waals surface area contributed by atoms with Gasteiger partial charge >= 0.3 is 0 Å².